The molecule has 3 rings (SSSR count). The standard InChI is InChI=1S/C39H60N4O18/c44-33-5-4-32(37(48)42-33)43-38(49)30-2-1-3-31(36(30)39(43)50)40-6-8-51-10-12-53-14-16-55-18-20-57-22-24-59-26-27-60-25-23-58-21-19-56-17-15-54-13-11-52-9-7-41-34(45)28-61-29-35(46)47/h1-3,32,40H,4-29H2,(H,41,45)(H,46,47)(H,42,44,48). The van der Waals surface area contributed by atoms with Gasteiger partial charge in [-0.25, -0.2) is 4.79 Å². The van der Waals surface area contributed by atoms with E-state index in [4.69, 9.17) is 52.5 Å². The molecular weight excluding hydrogens is 812 g/mol. The molecule has 1 fully saturated rings. The van der Waals surface area contributed by atoms with Gasteiger partial charge in [0.2, 0.25) is 17.7 Å². The van der Waals surface area contributed by atoms with E-state index in [9.17, 15) is 28.8 Å². The fourth-order valence-electron chi connectivity index (χ4n) is 5.55. The number of carbonyl (C=O) groups excluding carboxylic acids is 5. The zero-order valence-corrected chi connectivity index (χ0v) is 34.5. The Bertz CT molecular complexity index is 1470. The largest absolute Gasteiger partial charge is 0.480 e. The van der Waals surface area contributed by atoms with Gasteiger partial charge < -0.3 is 67.8 Å². The number of carboxylic acids is 1. The van der Waals surface area contributed by atoms with Crippen molar-refractivity contribution in [3.63, 3.8) is 0 Å². The number of imide groups is 2. The van der Waals surface area contributed by atoms with Crippen LogP contribution in [0.4, 0.5) is 5.69 Å². The van der Waals surface area contributed by atoms with E-state index in [0.717, 1.165) is 4.90 Å². The molecule has 4 N–H and O–H groups in total. The van der Waals surface area contributed by atoms with Crippen LogP contribution < -0.4 is 16.0 Å². The minimum Gasteiger partial charge on any atom is -0.480 e. The predicted octanol–water partition coefficient (Wildman–Crippen LogP) is -1.12. The van der Waals surface area contributed by atoms with Crippen LogP contribution in [0, 0.1) is 0 Å². The van der Waals surface area contributed by atoms with E-state index >= 15 is 0 Å². The Balaban J connectivity index is 0.979. The fraction of sp³-hybridized carbons (Fsp3) is 0.692. The van der Waals surface area contributed by atoms with E-state index in [1.54, 1.807) is 18.2 Å². The molecule has 1 aromatic carbocycles. The van der Waals surface area contributed by atoms with E-state index in [-0.39, 0.29) is 37.1 Å². The molecule has 0 saturated carbocycles. The highest BCUT2D eigenvalue weighted by atomic mass is 16.6. The predicted molar refractivity (Wildman–Crippen MR) is 211 cm³/mol. The SMILES string of the molecule is O=C(O)COCC(=O)NCCOCCOCCOCCOCCOCCOCCOCCOCCOCCOCCNc1cccc2c1C(=O)N(C1CCC(=O)NC1=O)C2=O. The Morgan fingerprint density at radius 1 is 0.590 bits per heavy atom. The molecule has 0 bridgehead atoms. The number of amides is 5. The lowest BCUT2D eigenvalue weighted by Gasteiger charge is -2.27. The first-order chi connectivity index (χ1) is 29.8. The number of hydrogen-bond acceptors (Lipinski definition) is 18. The van der Waals surface area contributed by atoms with Crippen molar-refractivity contribution in [3.05, 3.63) is 29.3 Å². The number of carbonyl (C=O) groups is 6. The Hall–Kier alpha value is -4.20. The van der Waals surface area contributed by atoms with Gasteiger partial charge in [-0.05, 0) is 18.6 Å². The van der Waals surface area contributed by atoms with Gasteiger partial charge in [0.1, 0.15) is 19.3 Å². The maximum Gasteiger partial charge on any atom is 0.329 e. The van der Waals surface area contributed by atoms with Crippen LogP contribution in [0.2, 0.25) is 0 Å². The lowest BCUT2D eigenvalue weighted by atomic mass is 10.0. The highest BCUT2D eigenvalue weighted by Gasteiger charge is 2.45. The van der Waals surface area contributed by atoms with Crippen molar-refractivity contribution >= 4 is 41.2 Å². The second-order valence-corrected chi connectivity index (χ2v) is 13.0. The van der Waals surface area contributed by atoms with Gasteiger partial charge in [0.15, 0.2) is 0 Å². The molecule has 0 radical (unpaired) electrons. The summed E-state index contributed by atoms with van der Waals surface area (Å²) in [4.78, 5) is 72.6. The van der Waals surface area contributed by atoms with Gasteiger partial charge in [0.05, 0.1) is 143 Å². The van der Waals surface area contributed by atoms with E-state index in [0.29, 0.717) is 144 Å². The molecule has 22 heteroatoms. The van der Waals surface area contributed by atoms with Crippen molar-refractivity contribution in [3.8, 4) is 0 Å². The van der Waals surface area contributed by atoms with E-state index in [2.05, 4.69) is 20.7 Å². The topological polar surface area (TPSA) is 264 Å². The molecule has 0 aliphatic carbocycles. The number of nitrogens with zero attached hydrogens (tertiary/aromatic N) is 1. The summed E-state index contributed by atoms with van der Waals surface area (Å²) in [5.41, 5.74) is 0.880. The van der Waals surface area contributed by atoms with Crippen LogP contribution in [0.25, 0.3) is 0 Å². The molecule has 2 heterocycles. The summed E-state index contributed by atoms with van der Waals surface area (Å²) in [5, 5.41) is 16.3. The molecule has 1 unspecified atom stereocenters. The van der Waals surface area contributed by atoms with Gasteiger partial charge in [0.25, 0.3) is 11.8 Å². The Morgan fingerprint density at radius 2 is 1.03 bits per heavy atom. The van der Waals surface area contributed by atoms with Gasteiger partial charge in [-0.1, -0.05) is 6.07 Å². The molecular formula is C39H60N4O18. The molecule has 1 atom stereocenters. The van der Waals surface area contributed by atoms with Crippen LogP contribution in [0.5, 0.6) is 0 Å². The number of carboxylic acid groups (broad SMARTS) is 1. The van der Waals surface area contributed by atoms with Gasteiger partial charge in [-0.2, -0.15) is 0 Å². The Kier molecular flexibility index (Phi) is 27.3. The van der Waals surface area contributed by atoms with Crippen molar-refractivity contribution < 1.29 is 86.0 Å². The van der Waals surface area contributed by atoms with Gasteiger partial charge in [-0.3, -0.25) is 34.2 Å². The third-order valence-electron chi connectivity index (χ3n) is 8.41. The summed E-state index contributed by atoms with van der Waals surface area (Å²) in [6, 6.07) is 3.87. The third kappa shape index (κ3) is 21.9. The third-order valence-corrected chi connectivity index (χ3v) is 8.41. The Labute approximate surface area is 354 Å². The van der Waals surface area contributed by atoms with Crippen molar-refractivity contribution in [2.45, 2.75) is 18.9 Å². The van der Waals surface area contributed by atoms with E-state index < -0.39 is 48.2 Å². The highest BCUT2D eigenvalue weighted by Crippen LogP contribution is 2.32. The van der Waals surface area contributed by atoms with Crippen LogP contribution in [-0.4, -0.2) is 210 Å². The van der Waals surface area contributed by atoms with E-state index in [1.165, 1.54) is 0 Å². The van der Waals surface area contributed by atoms with Crippen LogP contribution in [0.3, 0.4) is 0 Å². The summed E-state index contributed by atoms with van der Waals surface area (Å²) in [6.45, 7) is 7.97. The lowest BCUT2D eigenvalue weighted by molar-refractivity contribution is -0.143. The zero-order valence-electron chi connectivity index (χ0n) is 34.5. The quantitative estimate of drug-likeness (QED) is 0.0451. The zero-order chi connectivity index (χ0) is 43.8. The number of nitrogens with one attached hydrogen (secondary N) is 3. The molecule has 61 heavy (non-hydrogen) atoms. The number of hydrogen-bond donors (Lipinski definition) is 4. The number of piperidine rings is 1. The highest BCUT2D eigenvalue weighted by molar-refractivity contribution is 6.25. The first kappa shape index (κ1) is 51.2. The molecule has 0 aromatic heterocycles. The molecule has 1 aromatic rings. The first-order valence-electron chi connectivity index (χ1n) is 20.2. The van der Waals surface area contributed by atoms with Crippen molar-refractivity contribution in [2.75, 3.05) is 164 Å². The summed E-state index contributed by atoms with van der Waals surface area (Å²) in [6.07, 6.45) is 0.153. The molecule has 2 aliphatic heterocycles. The maximum absolute atomic E-state index is 13.2. The number of fused-ring (bicyclic) bond motifs is 1. The van der Waals surface area contributed by atoms with Crippen LogP contribution in [0.1, 0.15) is 33.6 Å². The number of aliphatic carboxylic acids is 1. The number of benzene rings is 1. The summed E-state index contributed by atoms with van der Waals surface area (Å²) < 4.78 is 59.3. The average molecular weight is 873 g/mol. The molecule has 2 aliphatic rings. The minimum atomic E-state index is -1.13. The van der Waals surface area contributed by atoms with Crippen molar-refractivity contribution in [2.24, 2.45) is 0 Å². The Morgan fingerprint density at radius 3 is 1.48 bits per heavy atom. The average Bonchev–Trinajstić information content (AvgIpc) is 3.49. The van der Waals surface area contributed by atoms with E-state index in [1.807, 2.05) is 0 Å². The summed E-state index contributed by atoms with van der Waals surface area (Å²) in [5.74, 6) is -3.74. The second-order valence-electron chi connectivity index (χ2n) is 13.0. The first-order valence-corrected chi connectivity index (χ1v) is 20.2. The fourth-order valence-corrected chi connectivity index (χ4v) is 5.55. The number of anilines is 1. The normalized spacial score (nSPS) is 15.0. The minimum absolute atomic E-state index is 0.0579. The second kappa shape index (κ2) is 32.5. The van der Waals surface area contributed by atoms with Gasteiger partial charge in [-0.15, -0.1) is 0 Å². The molecule has 344 valence electrons. The van der Waals surface area contributed by atoms with Gasteiger partial charge in [0, 0.05) is 25.2 Å². The van der Waals surface area contributed by atoms with Crippen LogP contribution >= 0.6 is 0 Å². The maximum atomic E-state index is 13.2. The van der Waals surface area contributed by atoms with Crippen molar-refractivity contribution in [1.29, 1.82) is 0 Å². The summed E-state index contributed by atoms with van der Waals surface area (Å²) in [7, 11) is 0. The summed E-state index contributed by atoms with van der Waals surface area (Å²) >= 11 is 0. The molecule has 22 nitrogen and oxygen atoms in total. The van der Waals surface area contributed by atoms with Crippen molar-refractivity contribution in [1.82, 2.24) is 15.5 Å². The molecule has 5 amide bonds. The number of ether oxygens (including phenoxy) is 11. The van der Waals surface area contributed by atoms with Crippen LogP contribution in [-0.2, 0) is 71.3 Å². The van der Waals surface area contributed by atoms with Crippen LogP contribution in [0.15, 0.2) is 18.2 Å². The molecule has 0 spiro atoms. The molecule has 1 saturated heterocycles. The number of rotatable bonds is 39. The lowest BCUT2D eigenvalue weighted by Crippen LogP contribution is -2.54. The smallest absolute Gasteiger partial charge is 0.329 e. The van der Waals surface area contributed by atoms with Gasteiger partial charge >= 0.3 is 5.97 Å². The monoisotopic (exact) mass is 872 g/mol.